The second-order valence-corrected chi connectivity index (χ2v) is 7.12. The smallest absolute Gasteiger partial charge is 0.258 e. The fraction of sp³-hybridized carbons (Fsp3) is 0.421. The first kappa shape index (κ1) is 20.0. The van der Waals surface area contributed by atoms with Crippen LogP contribution >= 0.6 is 23.2 Å². The topological polar surface area (TPSA) is 63.9 Å². The molecule has 2 heterocycles. The summed E-state index contributed by atoms with van der Waals surface area (Å²) >= 11 is 12.0. The van der Waals surface area contributed by atoms with E-state index in [-0.39, 0.29) is 18.6 Å². The summed E-state index contributed by atoms with van der Waals surface area (Å²) in [6, 6.07) is 8.69. The number of ether oxygens (including phenoxy) is 2. The summed E-state index contributed by atoms with van der Waals surface area (Å²) in [6.07, 6.45) is 0. The lowest BCUT2D eigenvalue weighted by Gasteiger charge is -2.33. The summed E-state index contributed by atoms with van der Waals surface area (Å²) in [7, 11) is 0. The second kappa shape index (κ2) is 9.46. The van der Waals surface area contributed by atoms with Crippen molar-refractivity contribution >= 4 is 29.1 Å². The lowest BCUT2D eigenvalue weighted by molar-refractivity contribution is -0.123. The predicted molar refractivity (Wildman–Crippen MR) is 104 cm³/mol. The molecule has 1 amide bonds. The van der Waals surface area contributed by atoms with E-state index in [0.717, 1.165) is 24.6 Å². The fourth-order valence-electron chi connectivity index (χ4n) is 2.92. The molecule has 27 heavy (non-hydrogen) atoms. The quantitative estimate of drug-likeness (QED) is 0.753. The standard InChI is InChI=1S/C19H22Cl2N2O4/c1-13-2-5-17(27-13)16(23-6-8-25-9-7-23)11-22-19(24)12-26-18-10-14(20)3-4-15(18)21/h2-5,10,16H,6-9,11-12H2,1H3,(H,22,24). The molecule has 0 aliphatic carbocycles. The Bertz CT molecular complexity index is 775. The maximum absolute atomic E-state index is 12.3. The summed E-state index contributed by atoms with van der Waals surface area (Å²) in [4.78, 5) is 14.5. The third-order valence-corrected chi connectivity index (χ3v) is 4.87. The lowest BCUT2D eigenvalue weighted by Crippen LogP contribution is -2.44. The number of aryl methyl sites for hydroxylation is 1. The van der Waals surface area contributed by atoms with Crippen LogP contribution in [-0.2, 0) is 9.53 Å². The van der Waals surface area contributed by atoms with E-state index in [2.05, 4.69) is 10.2 Å². The van der Waals surface area contributed by atoms with Crippen LogP contribution in [-0.4, -0.2) is 50.3 Å². The Balaban J connectivity index is 1.57. The number of carbonyl (C=O) groups is 1. The van der Waals surface area contributed by atoms with E-state index in [9.17, 15) is 4.79 Å². The zero-order chi connectivity index (χ0) is 19.2. The molecule has 0 spiro atoms. The number of furan rings is 1. The van der Waals surface area contributed by atoms with Crippen molar-refractivity contribution in [1.29, 1.82) is 0 Å². The Labute approximate surface area is 168 Å². The van der Waals surface area contributed by atoms with Crippen LogP contribution in [0, 0.1) is 6.92 Å². The third-order valence-electron chi connectivity index (χ3n) is 4.32. The van der Waals surface area contributed by atoms with Gasteiger partial charge < -0.3 is 19.2 Å². The number of hydrogen-bond donors (Lipinski definition) is 1. The minimum absolute atomic E-state index is 0.0543. The van der Waals surface area contributed by atoms with Crippen molar-refractivity contribution in [2.24, 2.45) is 0 Å². The molecule has 0 saturated carbocycles. The third kappa shape index (κ3) is 5.62. The Morgan fingerprint density at radius 2 is 2.04 bits per heavy atom. The first-order valence-electron chi connectivity index (χ1n) is 8.75. The predicted octanol–water partition coefficient (Wildman–Crippen LogP) is 3.46. The molecule has 2 aromatic rings. The van der Waals surface area contributed by atoms with Crippen LogP contribution in [0.4, 0.5) is 0 Å². The Hall–Kier alpha value is -1.73. The molecule has 1 aliphatic heterocycles. The van der Waals surface area contributed by atoms with E-state index in [4.69, 9.17) is 37.1 Å². The van der Waals surface area contributed by atoms with Gasteiger partial charge in [0.2, 0.25) is 0 Å². The molecule has 1 saturated heterocycles. The van der Waals surface area contributed by atoms with Crippen LogP contribution in [0.3, 0.4) is 0 Å². The molecule has 6 nitrogen and oxygen atoms in total. The maximum Gasteiger partial charge on any atom is 0.258 e. The van der Waals surface area contributed by atoms with Gasteiger partial charge in [-0.1, -0.05) is 23.2 Å². The number of nitrogens with zero attached hydrogens (tertiary/aromatic N) is 1. The van der Waals surface area contributed by atoms with Gasteiger partial charge >= 0.3 is 0 Å². The minimum Gasteiger partial charge on any atom is -0.482 e. The van der Waals surface area contributed by atoms with Crippen LogP contribution < -0.4 is 10.1 Å². The monoisotopic (exact) mass is 412 g/mol. The zero-order valence-electron chi connectivity index (χ0n) is 15.0. The van der Waals surface area contributed by atoms with Crippen molar-refractivity contribution in [3.63, 3.8) is 0 Å². The fourth-order valence-corrected chi connectivity index (χ4v) is 3.26. The first-order valence-corrected chi connectivity index (χ1v) is 9.51. The van der Waals surface area contributed by atoms with Gasteiger partial charge in [0.1, 0.15) is 17.3 Å². The number of morpholine rings is 1. The number of hydrogen-bond acceptors (Lipinski definition) is 5. The molecule has 1 aliphatic rings. The largest absolute Gasteiger partial charge is 0.482 e. The molecule has 0 bridgehead atoms. The van der Waals surface area contributed by atoms with Crippen molar-refractivity contribution in [2.45, 2.75) is 13.0 Å². The molecule has 1 fully saturated rings. The summed E-state index contributed by atoms with van der Waals surface area (Å²) in [6.45, 7) is 5.08. The zero-order valence-corrected chi connectivity index (χ0v) is 16.6. The van der Waals surface area contributed by atoms with Gasteiger partial charge in [0.25, 0.3) is 5.91 Å². The number of halogens is 2. The van der Waals surface area contributed by atoms with Crippen LogP contribution in [0.5, 0.6) is 5.75 Å². The van der Waals surface area contributed by atoms with E-state index in [1.54, 1.807) is 18.2 Å². The van der Waals surface area contributed by atoms with E-state index in [0.29, 0.717) is 35.6 Å². The minimum atomic E-state index is -0.243. The molecule has 1 unspecified atom stereocenters. The Kier molecular flexibility index (Phi) is 7.01. The van der Waals surface area contributed by atoms with E-state index in [1.165, 1.54) is 0 Å². The van der Waals surface area contributed by atoms with Crippen LogP contribution in [0.1, 0.15) is 17.6 Å². The molecule has 3 rings (SSSR count). The van der Waals surface area contributed by atoms with Crippen LogP contribution in [0.15, 0.2) is 34.7 Å². The van der Waals surface area contributed by atoms with E-state index >= 15 is 0 Å². The highest BCUT2D eigenvalue weighted by molar-refractivity contribution is 6.34. The maximum atomic E-state index is 12.3. The van der Waals surface area contributed by atoms with Gasteiger partial charge in [-0.15, -0.1) is 0 Å². The van der Waals surface area contributed by atoms with Gasteiger partial charge in [0, 0.05) is 30.7 Å². The summed E-state index contributed by atoms with van der Waals surface area (Å²) in [5.41, 5.74) is 0. The second-order valence-electron chi connectivity index (χ2n) is 6.28. The van der Waals surface area contributed by atoms with Crippen molar-refractivity contribution in [3.8, 4) is 5.75 Å². The molecule has 1 aromatic heterocycles. The number of benzene rings is 1. The van der Waals surface area contributed by atoms with Crippen molar-refractivity contribution < 1.29 is 18.7 Å². The highest BCUT2D eigenvalue weighted by Gasteiger charge is 2.25. The number of nitrogens with one attached hydrogen (secondary N) is 1. The normalized spacial score (nSPS) is 16.1. The van der Waals surface area contributed by atoms with Crippen molar-refractivity contribution in [2.75, 3.05) is 39.5 Å². The highest BCUT2D eigenvalue weighted by Crippen LogP contribution is 2.27. The molecule has 1 aromatic carbocycles. The van der Waals surface area contributed by atoms with Gasteiger partial charge in [0.05, 0.1) is 24.3 Å². The van der Waals surface area contributed by atoms with E-state index < -0.39 is 0 Å². The Morgan fingerprint density at radius 1 is 1.26 bits per heavy atom. The van der Waals surface area contributed by atoms with Gasteiger partial charge in [-0.2, -0.15) is 0 Å². The molecule has 1 N–H and O–H groups in total. The van der Waals surface area contributed by atoms with Crippen molar-refractivity contribution in [3.05, 3.63) is 51.9 Å². The average molecular weight is 413 g/mol. The van der Waals surface area contributed by atoms with Gasteiger partial charge in [0.15, 0.2) is 6.61 Å². The van der Waals surface area contributed by atoms with Gasteiger partial charge in [-0.3, -0.25) is 9.69 Å². The van der Waals surface area contributed by atoms with Crippen LogP contribution in [0.25, 0.3) is 0 Å². The number of rotatable bonds is 7. The SMILES string of the molecule is Cc1ccc(C(CNC(=O)COc2cc(Cl)ccc2Cl)N2CCOCC2)o1. The number of carbonyl (C=O) groups excluding carboxylic acids is 1. The van der Waals surface area contributed by atoms with Crippen molar-refractivity contribution in [1.82, 2.24) is 10.2 Å². The summed E-state index contributed by atoms with van der Waals surface area (Å²) < 4.78 is 16.7. The molecule has 146 valence electrons. The molecule has 8 heteroatoms. The van der Waals surface area contributed by atoms with Crippen LogP contribution in [0.2, 0.25) is 10.0 Å². The average Bonchev–Trinajstić information content (AvgIpc) is 3.09. The number of amides is 1. The molecular weight excluding hydrogens is 391 g/mol. The molecule has 0 radical (unpaired) electrons. The summed E-state index contributed by atoms with van der Waals surface area (Å²) in [5, 5.41) is 3.81. The Morgan fingerprint density at radius 3 is 2.74 bits per heavy atom. The molecule has 1 atom stereocenters. The van der Waals surface area contributed by atoms with E-state index in [1.807, 2.05) is 19.1 Å². The van der Waals surface area contributed by atoms with Gasteiger partial charge in [-0.05, 0) is 31.2 Å². The highest BCUT2D eigenvalue weighted by atomic mass is 35.5. The summed E-state index contributed by atoms with van der Waals surface area (Å²) in [5.74, 6) is 1.81. The lowest BCUT2D eigenvalue weighted by atomic mass is 10.1. The van der Waals surface area contributed by atoms with Gasteiger partial charge in [-0.25, -0.2) is 0 Å². The first-order chi connectivity index (χ1) is 13.0. The molecular formula is C19H22Cl2N2O4.